The maximum atomic E-state index is 12.6. The number of para-hydroxylation sites is 1. The number of carbonyl (C=O) groups is 1. The highest BCUT2D eigenvalue weighted by molar-refractivity contribution is 5.93. The molecule has 3 heteroatoms. The normalized spacial score (nSPS) is 12.3. The Morgan fingerprint density at radius 2 is 1.74 bits per heavy atom. The Morgan fingerprint density at radius 1 is 1.00 bits per heavy atom. The zero-order chi connectivity index (χ0) is 19.4. The van der Waals surface area contributed by atoms with Crippen molar-refractivity contribution in [1.29, 1.82) is 0 Å². The summed E-state index contributed by atoms with van der Waals surface area (Å²) in [6.07, 6.45) is 0. The van der Waals surface area contributed by atoms with Gasteiger partial charge >= 0.3 is 0 Å². The van der Waals surface area contributed by atoms with Crippen molar-refractivity contribution in [1.82, 2.24) is 0 Å². The standard InChI is InChI=1S/C24H28N2O/c1-17(2)22-11-7-8-18(3)24(22)25-23(27)16-26(4)15-19-12-13-20-9-5-6-10-21(20)14-19/h5-14,17H,15-16H2,1-4H3,(H,25,27)/p+1. The molecule has 1 atom stereocenters. The van der Waals surface area contributed by atoms with E-state index in [0.717, 1.165) is 17.8 Å². The summed E-state index contributed by atoms with van der Waals surface area (Å²) in [6, 6.07) is 21.1. The molecule has 1 unspecified atom stereocenters. The average Bonchev–Trinajstić information content (AvgIpc) is 2.63. The Morgan fingerprint density at radius 3 is 2.48 bits per heavy atom. The van der Waals surface area contributed by atoms with E-state index in [0.29, 0.717) is 12.5 Å². The van der Waals surface area contributed by atoms with Gasteiger partial charge in [-0.1, -0.05) is 68.4 Å². The van der Waals surface area contributed by atoms with E-state index in [1.54, 1.807) is 0 Å². The highest BCUT2D eigenvalue weighted by Gasteiger charge is 2.15. The first-order chi connectivity index (χ1) is 12.9. The van der Waals surface area contributed by atoms with Gasteiger partial charge in [-0.3, -0.25) is 4.79 Å². The summed E-state index contributed by atoms with van der Waals surface area (Å²) in [5.74, 6) is 0.437. The first kappa shape index (κ1) is 19.1. The highest BCUT2D eigenvalue weighted by Crippen LogP contribution is 2.27. The fourth-order valence-electron chi connectivity index (χ4n) is 3.56. The van der Waals surface area contributed by atoms with Crippen molar-refractivity contribution < 1.29 is 9.69 Å². The van der Waals surface area contributed by atoms with E-state index in [2.05, 4.69) is 80.8 Å². The van der Waals surface area contributed by atoms with Gasteiger partial charge in [0.25, 0.3) is 5.91 Å². The number of anilines is 1. The summed E-state index contributed by atoms with van der Waals surface area (Å²) in [5, 5.41) is 5.64. The predicted octanol–water partition coefficient (Wildman–Crippen LogP) is 3.93. The third-order valence-electron chi connectivity index (χ3n) is 4.97. The van der Waals surface area contributed by atoms with Gasteiger partial charge in [0.2, 0.25) is 0 Å². The van der Waals surface area contributed by atoms with Crippen molar-refractivity contribution in [2.45, 2.75) is 33.2 Å². The molecule has 0 aliphatic carbocycles. The Hall–Kier alpha value is -2.65. The van der Waals surface area contributed by atoms with Crippen LogP contribution in [-0.2, 0) is 11.3 Å². The summed E-state index contributed by atoms with van der Waals surface area (Å²) in [7, 11) is 2.07. The van der Waals surface area contributed by atoms with Gasteiger partial charge in [0, 0.05) is 11.3 Å². The molecule has 0 aliphatic heterocycles. The van der Waals surface area contributed by atoms with Gasteiger partial charge in [0.15, 0.2) is 6.54 Å². The van der Waals surface area contributed by atoms with E-state index < -0.39 is 0 Å². The van der Waals surface area contributed by atoms with Gasteiger partial charge in [0.05, 0.1) is 7.05 Å². The quantitative estimate of drug-likeness (QED) is 0.685. The SMILES string of the molecule is Cc1cccc(C(C)C)c1NC(=O)C[NH+](C)Cc1ccc2ccccc2c1. The van der Waals surface area contributed by atoms with E-state index in [9.17, 15) is 4.79 Å². The second-order valence-corrected chi connectivity index (χ2v) is 7.73. The number of carbonyl (C=O) groups excluding carboxylic acids is 1. The molecule has 2 N–H and O–H groups in total. The van der Waals surface area contributed by atoms with Crippen LogP contribution in [0, 0.1) is 6.92 Å². The van der Waals surface area contributed by atoms with Gasteiger partial charge < -0.3 is 10.2 Å². The number of likely N-dealkylation sites (N-methyl/N-ethyl adjacent to an activating group) is 1. The Balaban J connectivity index is 1.65. The van der Waals surface area contributed by atoms with Crippen molar-refractivity contribution in [3.8, 4) is 0 Å². The Kier molecular flexibility index (Phi) is 5.92. The fourth-order valence-corrected chi connectivity index (χ4v) is 3.56. The van der Waals surface area contributed by atoms with Crippen molar-refractivity contribution in [3.05, 3.63) is 77.4 Å². The maximum absolute atomic E-state index is 12.6. The van der Waals surface area contributed by atoms with Crippen LogP contribution in [0.3, 0.4) is 0 Å². The van der Waals surface area contributed by atoms with Crippen molar-refractivity contribution >= 4 is 22.4 Å². The highest BCUT2D eigenvalue weighted by atomic mass is 16.2. The zero-order valence-corrected chi connectivity index (χ0v) is 16.7. The van der Waals surface area contributed by atoms with Crippen LogP contribution in [-0.4, -0.2) is 19.5 Å². The fraction of sp³-hybridized carbons (Fsp3) is 0.292. The Bertz CT molecular complexity index is 946. The van der Waals surface area contributed by atoms with Crippen molar-refractivity contribution in [2.75, 3.05) is 18.9 Å². The average molecular weight is 362 g/mol. The number of fused-ring (bicyclic) bond motifs is 1. The lowest BCUT2D eigenvalue weighted by molar-refractivity contribution is -0.885. The minimum absolute atomic E-state index is 0.0597. The summed E-state index contributed by atoms with van der Waals surface area (Å²) >= 11 is 0. The number of nitrogens with one attached hydrogen (secondary N) is 2. The van der Waals surface area contributed by atoms with Crippen LogP contribution in [0.4, 0.5) is 5.69 Å². The lowest BCUT2D eigenvalue weighted by Crippen LogP contribution is -3.08. The second kappa shape index (κ2) is 8.36. The first-order valence-electron chi connectivity index (χ1n) is 9.62. The van der Waals surface area contributed by atoms with E-state index in [4.69, 9.17) is 0 Å². The monoisotopic (exact) mass is 361 g/mol. The first-order valence-corrected chi connectivity index (χ1v) is 9.62. The van der Waals surface area contributed by atoms with E-state index in [1.807, 2.05) is 13.0 Å². The van der Waals surface area contributed by atoms with Crippen LogP contribution in [0.25, 0.3) is 10.8 Å². The van der Waals surface area contributed by atoms with Gasteiger partial charge in [-0.15, -0.1) is 0 Å². The number of amides is 1. The van der Waals surface area contributed by atoms with Crippen LogP contribution in [0.15, 0.2) is 60.7 Å². The number of benzene rings is 3. The molecule has 0 saturated carbocycles. The van der Waals surface area contributed by atoms with Crippen LogP contribution >= 0.6 is 0 Å². The predicted molar refractivity (Wildman–Crippen MR) is 113 cm³/mol. The molecule has 0 aliphatic rings. The minimum Gasteiger partial charge on any atom is -0.326 e. The summed E-state index contributed by atoms with van der Waals surface area (Å²) in [4.78, 5) is 13.8. The molecule has 27 heavy (non-hydrogen) atoms. The number of hydrogen-bond donors (Lipinski definition) is 2. The van der Waals surface area contributed by atoms with Gasteiger partial charge in [-0.2, -0.15) is 0 Å². The van der Waals surface area contributed by atoms with Crippen molar-refractivity contribution in [3.63, 3.8) is 0 Å². The van der Waals surface area contributed by atoms with E-state index in [-0.39, 0.29) is 5.91 Å². The van der Waals surface area contributed by atoms with Crippen LogP contribution in [0.2, 0.25) is 0 Å². The van der Waals surface area contributed by atoms with Crippen LogP contribution in [0.5, 0.6) is 0 Å². The van der Waals surface area contributed by atoms with Crippen LogP contribution < -0.4 is 10.2 Å². The van der Waals surface area contributed by atoms with Gasteiger partial charge in [-0.05, 0) is 40.8 Å². The Labute approximate surface area is 162 Å². The molecule has 0 radical (unpaired) electrons. The molecule has 3 aromatic rings. The number of aryl methyl sites for hydroxylation is 1. The van der Waals surface area contributed by atoms with Crippen molar-refractivity contribution in [2.24, 2.45) is 0 Å². The summed E-state index contributed by atoms with van der Waals surface area (Å²) in [5.41, 5.74) is 4.52. The van der Waals surface area contributed by atoms with E-state index in [1.165, 1.54) is 26.8 Å². The third kappa shape index (κ3) is 4.75. The van der Waals surface area contributed by atoms with Gasteiger partial charge in [0.1, 0.15) is 6.54 Å². The topological polar surface area (TPSA) is 33.5 Å². The minimum atomic E-state index is 0.0597. The molecule has 0 fully saturated rings. The molecule has 3 rings (SSSR count). The summed E-state index contributed by atoms with van der Waals surface area (Å²) in [6.45, 7) is 7.62. The molecule has 3 nitrogen and oxygen atoms in total. The molecular weight excluding hydrogens is 332 g/mol. The van der Waals surface area contributed by atoms with E-state index >= 15 is 0 Å². The molecule has 140 valence electrons. The summed E-state index contributed by atoms with van der Waals surface area (Å²) < 4.78 is 0. The largest absolute Gasteiger partial charge is 0.326 e. The molecule has 0 aromatic heterocycles. The zero-order valence-electron chi connectivity index (χ0n) is 16.7. The lowest BCUT2D eigenvalue weighted by atomic mass is 9.98. The third-order valence-corrected chi connectivity index (χ3v) is 4.97. The number of hydrogen-bond acceptors (Lipinski definition) is 1. The molecule has 3 aromatic carbocycles. The van der Waals surface area contributed by atoms with Crippen LogP contribution in [0.1, 0.15) is 36.5 Å². The number of rotatable bonds is 6. The molecule has 0 heterocycles. The number of quaternary nitrogens is 1. The second-order valence-electron chi connectivity index (χ2n) is 7.73. The molecule has 0 saturated heterocycles. The molecule has 0 bridgehead atoms. The lowest BCUT2D eigenvalue weighted by Gasteiger charge is -2.18. The molecule has 0 spiro atoms. The van der Waals surface area contributed by atoms with Gasteiger partial charge in [-0.25, -0.2) is 0 Å². The molecule has 1 amide bonds. The smallest absolute Gasteiger partial charge is 0.279 e. The molecular formula is C24H29N2O+. The maximum Gasteiger partial charge on any atom is 0.279 e.